The molecule has 1 heterocycles. The van der Waals surface area contributed by atoms with Crippen molar-refractivity contribution in [1.82, 2.24) is 4.90 Å². The lowest BCUT2D eigenvalue weighted by Gasteiger charge is -2.15. The van der Waals surface area contributed by atoms with E-state index >= 15 is 0 Å². The summed E-state index contributed by atoms with van der Waals surface area (Å²) in [5.74, 6) is -0.783. The van der Waals surface area contributed by atoms with Gasteiger partial charge >= 0.3 is 6.18 Å². The lowest BCUT2D eigenvalue weighted by atomic mass is 10.0. The minimum atomic E-state index is -4.43. The summed E-state index contributed by atoms with van der Waals surface area (Å²) in [6.07, 6.45) is -4.23. The van der Waals surface area contributed by atoms with Crippen LogP contribution in [0.5, 0.6) is 0 Å². The van der Waals surface area contributed by atoms with Gasteiger partial charge in [0.25, 0.3) is 11.8 Å². The van der Waals surface area contributed by atoms with E-state index in [9.17, 15) is 22.8 Å². The predicted molar refractivity (Wildman–Crippen MR) is 86.9 cm³/mol. The van der Waals surface area contributed by atoms with E-state index in [0.717, 1.165) is 17.0 Å². The van der Waals surface area contributed by atoms with E-state index in [1.807, 2.05) is 0 Å². The Kier molecular flexibility index (Phi) is 4.20. The third-order valence-electron chi connectivity index (χ3n) is 4.11. The molecule has 0 aromatic heterocycles. The summed E-state index contributed by atoms with van der Waals surface area (Å²) in [6.45, 7) is 3.86. The van der Waals surface area contributed by atoms with E-state index in [-0.39, 0.29) is 13.0 Å². The topological polar surface area (TPSA) is 37.4 Å². The second-order valence-corrected chi connectivity index (χ2v) is 5.74. The van der Waals surface area contributed by atoms with Crippen molar-refractivity contribution < 1.29 is 22.8 Å². The van der Waals surface area contributed by atoms with Crippen LogP contribution in [-0.2, 0) is 6.18 Å². The van der Waals surface area contributed by atoms with Crippen molar-refractivity contribution in [3.8, 4) is 0 Å². The van der Waals surface area contributed by atoms with Gasteiger partial charge in [0.05, 0.1) is 16.7 Å². The Balaban J connectivity index is 1.72. The van der Waals surface area contributed by atoms with Crippen LogP contribution >= 0.6 is 0 Å². The number of imide groups is 1. The number of benzene rings is 2. The fourth-order valence-electron chi connectivity index (χ4n) is 2.75. The summed E-state index contributed by atoms with van der Waals surface area (Å²) >= 11 is 0. The van der Waals surface area contributed by atoms with Gasteiger partial charge in [-0.15, -0.1) is 0 Å². The fourth-order valence-corrected chi connectivity index (χ4v) is 2.75. The molecule has 0 unspecified atom stereocenters. The lowest BCUT2D eigenvalue weighted by molar-refractivity contribution is -0.137. The normalized spacial score (nSPS) is 14.0. The molecule has 25 heavy (non-hydrogen) atoms. The molecule has 0 bridgehead atoms. The Hall–Kier alpha value is -2.89. The molecule has 0 radical (unpaired) electrons. The number of alkyl halides is 3. The van der Waals surface area contributed by atoms with E-state index in [4.69, 9.17) is 0 Å². The predicted octanol–water partition coefficient (Wildman–Crippen LogP) is 4.40. The fraction of sp³-hybridized carbons (Fsp3) is 0.158. The molecule has 3 nitrogen and oxygen atoms in total. The van der Waals surface area contributed by atoms with Crippen molar-refractivity contribution in [3.05, 3.63) is 77.4 Å². The van der Waals surface area contributed by atoms with Gasteiger partial charge in [-0.3, -0.25) is 14.5 Å². The first kappa shape index (κ1) is 17.0. The van der Waals surface area contributed by atoms with Crippen LogP contribution in [0.2, 0.25) is 0 Å². The number of amides is 2. The van der Waals surface area contributed by atoms with Crippen LogP contribution in [0.1, 0.15) is 38.3 Å². The molecule has 6 heteroatoms. The minimum absolute atomic E-state index is 0.0709. The van der Waals surface area contributed by atoms with E-state index in [1.54, 1.807) is 24.3 Å². The van der Waals surface area contributed by atoms with Crippen molar-refractivity contribution in [2.45, 2.75) is 12.6 Å². The summed E-state index contributed by atoms with van der Waals surface area (Å²) in [5, 5.41) is 0. The largest absolute Gasteiger partial charge is 0.416 e. The molecule has 2 amide bonds. The molecule has 0 N–H and O–H groups in total. The number of carbonyl (C=O) groups is 2. The molecule has 3 rings (SSSR count). The number of halogens is 3. The first-order valence-electron chi connectivity index (χ1n) is 7.59. The smallest absolute Gasteiger partial charge is 0.274 e. The number of rotatable bonds is 4. The Morgan fingerprint density at radius 1 is 0.960 bits per heavy atom. The Morgan fingerprint density at radius 3 is 2.12 bits per heavy atom. The third kappa shape index (κ3) is 3.20. The van der Waals surface area contributed by atoms with Crippen LogP contribution < -0.4 is 0 Å². The van der Waals surface area contributed by atoms with Crippen LogP contribution in [0, 0.1) is 0 Å². The van der Waals surface area contributed by atoms with Gasteiger partial charge in [-0.2, -0.15) is 13.2 Å². The molecule has 0 aliphatic carbocycles. The molecule has 0 fully saturated rings. The van der Waals surface area contributed by atoms with Gasteiger partial charge in [0.15, 0.2) is 0 Å². The SMILES string of the molecule is C=C(CCN1C(=O)c2ccccc2C1=O)c1cccc(C(F)(F)F)c1. The maximum absolute atomic E-state index is 12.8. The molecule has 0 saturated carbocycles. The van der Waals surface area contributed by atoms with Gasteiger partial charge in [-0.25, -0.2) is 0 Å². The number of nitrogens with zero attached hydrogens (tertiary/aromatic N) is 1. The van der Waals surface area contributed by atoms with Gasteiger partial charge in [0, 0.05) is 6.54 Å². The molecule has 1 aliphatic heterocycles. The maximum atomic E-state index is 12.8. The molecule has 0 atom stereocenters. The highest BCUT2D eigenvalue weighted by atomic mass is 19.4. The lowest BCUT2D eigenvalue weighted by Crippen LogP contribution is -2.30. The highest BCUT2D eigenvalue weighted by molar-refractivity contribution is 6.21. The zero-order valence-corrected chi connectivity index (χ0v) is 13.1. The number of hydrogen-bond acceptors (Lipinski definition) is 2. The number of carbonyl (C=O) groups excluding carboxylic acids is 2. The standard InChI is InChI=1S/C19H14F3NO2/c1-12(13-5-4-6-14(11-13)19(20,21)22)9-10-23-17(24)15-7-2-3-8-16(15)18(23)25/h2-8,11H,1,9-10H2. The van der Waals surface area contributed by atoms with E-state index in [2.05, 4.69) is 6.58 Å². The zero-order chi connectivity index (χ0) is 18.2. The first-order valence-corrected chi connectivity index (χ1v) is 7.59. The summed E-state index contributed by atoms with van der Waals surface area (Å²) < 4.78 is 38.4. The maximum Gasteiger partial charge on any atom is 0.416 e. The molecular formula is C19H14F3NO2. The number of hydrogen-bond donors (Lipinski definition) is 0. The Morgan fingerprint density at radius 2 is 1.56 bits per heavy atom. The van der Waals surface area contributed by atoms with Crippen molar-refractivity contribution in [1.29, 1.82) is 0 Å². The Labute approximate surface area is 142 Å². The van der Waals surface area contributed by atoms with Gasteiger partial charge in [-0.05, 0) is 41.8 Å². The molecule has 2 aromatic carbocycles. The van der Waals surface area contributed by atoms with E-state index in [1.165, 1.54) is 12.1 Å². The highest BCUT2D eigenvalue weighted by Crippen LogP contribution is 2.31. The van der Waals surface area contributed by atoms with E-state index < -0.39 is 23.6 Å². The third-order valence-corrected chi connectivity index (χ3v) is 4.11. The first-order chi connectivity index (χ1) is 11.8. The van der Waals surface area contributed by atoms with Crippen LogP contribution in [0.25, 0.3) is 5.57 Å². The molecule has 2 aromatic rings. The molecule has 0 spiro atoms. The highest BCUT2D eigenvalue weighted by Gasteiger charge is 2.35. The summed E-state index contributed by atoms with van der Waals surface area (Å²) in [4.78, 5) is 25.6. The van der Waals surface area contributed by atoms with Gasteiger partial charge in [0.1, 0.15) is 0 Å². The van der Waals surface area contributed by atoms with Crippen LogP contribution in [0.3, 0.4) is 0 Å². The van der Waals surface area contributed by atoms with Crippen LogP contribution in [0.4, 0.5) is 13.2 Å². The summed E-state index contributed by atoms with van der Waals surface area (Å²) in [6, 6.07) is 11.4. The number of fused-ring (bicyclic) bond motifs is 1. The van der Waals surface area contributed by atoms with Gasteiger partial charge in [0.2, 0.25) is 0 Å². The molecule has 128 valence electrons. The molecular weight excluding hydrogens is 331 g/mol. The van der Waals surface area contributed by atoms with Gasteiger partial charge < -0.3 is 0 Å². The second kappa shape index (κ2) is 6.20. The quantitative estimate of drug-likeness (QED) is 0.770. The Bertz CT molecular complexity index is 836. The molecule has 1 aliphatic rings. The van der Waals surface area contributed by atoms with Crippen LogP contribution in [-0.4, -0.2) is 23.3 Å². The second-order valence-electron chi connectivity index (χ2n) is 5.74. The summed E-state index contributed by atoms with van der Waals surface area (Å²) in [7, 11) is 0. The van der Waals surface area contributed by atoms with E-state index in [0.29, 0.717) is 22.3 Å². The van der Waals surface area contributed by atoms with Crippen molar-refractivity contribution in [2.24, 2.45) is 0 Å². The average Bonchev–Trinajstić information content (AvgIpc) is 2.83. The average molecular weight is 345 g/mol. The summed E-state index contributed by atoms with van der Waals surface area (Å²) in [5.41, 5.74) is 0.704. The molecule has 0 saturated heterocycles. The van der Waals surface area contributed by atoms with Crippen LogP contribution in [0.15, 0.2) is 55.1 Å². The van der Waals surface area contributed by atoms with Crippen molar-refractivity contribution >= 4 is 17.4 Å². The van der Waals surface area contributed by atoms with Crippen molar-refractivity contribution in [2.75, 3.05) is 6.54 Å². The monoisotopic (exact) mass is 345 g/mol. The zero-order valence-electron chi connectivity index (χ0n) is 13.1. The van der Waals surface area contributed by atoms with Gasteiger partial charge in [-0.1, -0.05) is 30.8 Å². The minimum Gasteiger partial charge on any atom is -0.274 e. The van der Waals surface area contributed by atoms with Crippen molar-refractivity contribution in [3.63, 3.8) is 0 Å².